The number of nitrogens with one attached hydrogen (secondary N) is 1. The molecule has 1 aliphatic heterocycles. The third-order valence-electron chi connectivity index (χ3n) is 3.08. The lowest BCUT2D eigenvalue weighted by molar-refractivity contribution is -0.125. The number of nitrogens with zero attached hydrogens (tertiary/aromatic N) is 1. The van der Waals surface area contributed by atoms with E-state index in [4.69, 9.17) is 10.5 Å². The molecule has 3 N–H and O–H groups in total. The number of hydrogen-bond acceptors (Lipinski definition) is 4. The van der Waals surface area contributed by atoms with Crippen LogP contribution in [0.5, 0.6) is 5.75 Å². The SMILES string of the molecule is CC(C)NCCN1C(=O)C(C)Oc2ccc(N)cc21. The molecular weight excluding hydrogens is 242 g/mol. The maximum Gasteiger partial charge on any atom is 0.267 e. The third kappa shape index (κ3) is 2.98. The average molecular weight is 263 g/mol. The van der Waals surface area contributed by atoms with Gasteiger partial charge in [0.15, 0.2) is 6.10 Å². The summed E-state index contributed by atoms with van der Waals surface area (Å²) in [4.78, 5) is 14.0. The van der Waals surface area contributed by atoms with E-state index in [1.807, 2.05) is 6.07 Å². The fraction of sp³-hybridized carbons (Fsp3) is 0.500. The van der Waals surface area contributed by atoms with E-state index in [0.717, 1.165) is 12.2 Å². The molecule has 0 saturated heterocycles. The Morgan fingerprint density at radius 2 is 2.21 bits per heavy atom. The van der Waals surface area contributed by atoms with E-state index < -0.39 is 6.10 Å². The summed E-state index contributed by atoms with van der Waals surface area (Å²) in [5.74, 6) is 0.689. The highest BCUT2D eigenvalue weighted by Gasteiger charge is 2.31. The number of ether oxygens (including phenoxy) is 1. The standard InChI is InChI=1S/C14H21N3O2/c1-9(2)16-6-7-17-12-8-11(15)4-5-13(12)19-10(3)14(17)18/h4-5,8-10,16H,6-7,15H2,1-3H3. The molecule has 1 amide bonds. The number of benzene rings is 1. The molecule has 0 bridgehead atoms. The van der Waals surface area contributed by atoms with E-state index in [-0.39, 0.29) is 5.91 Å². The number of carbonyl (C=O) groups excluding carboxylic acids is 1. The van der Waals surface area contributed by atoms with Crippen LogP contribution in [0.15, 0.2) is 18.2 Å². The molecule has 0 aliphatic carbocycles. The molecule has 0 saturated carbocycles. The van der Waals surface area contributed by atoms with Crippen LogP contribution in [0.3, 0.4) is 0 Å². The second kappa shape index (κ2) is 5.48. The minimum Gasteiger partial charge on any atom is -0.479 e. The molecule has 1 atom stereocenters. The molecule has 1 aromatic rings. The Hall–Kier alpha value is -1.75. The Bertz CT molecular complexity index is 474. The molecule has 0 fully saturated rings. The number of anilines is 2. The molecule has 5 nitrogen and oxygen atoms in total. The zero-order valence-corrected chi connectivity index (χ0v) is 11.6. The Morgan fingerprint density at radius 1 is 1.47 bits per heavy atom. The monoisotopic (exact) mass is 263 g/mol. The van der Waals surface area contributed by atoms with Crippen molar-refractivity contribution in [1.29, 1.82) is 0 Å². The minimum absolute atomic E-state index is 0.0244. The second-order valence-corrected chi connectivity index (χ2v) is 5.09. The molecule has 1 heterocycles. The van der Waals surface area contributed by atoms with Crippen molar-refractivity contribution in [3.8, 4) is 5.75 Å². The van der Waals surface area contributed by atoms with E-state index in [9.17, 15) is 4.79 Å². The van der Waals surface area contributed by atoms with Crippen molar-refractivity contribution in [1.82, 2.24) is 5.32 Å². The lowest BCUT2D eigenvalue weighted by Crippen LogP contribution is -2.47. The minimum atomic E-state index is -0.449. The van der Waals surface area contributed by atoms with Gasteiger partial charge in [-0.05, 0) is 25.1 Å². The van der Waals surface area contributed by atoms with Crippen LogP contribution in [0.1, 0.15) is 20.8 Å². The Kier molecular flexibility index (Phi) is 3.95. The molecule has 0 aromatic heterocycles. The predicted molar refractivity (Wildman–Crippen MR) is 76.4 cm³/mol. The Balaban J connectivity index is 2.20. The van der Waals surface area contributed by atoms with Crippen LogP contribution in [0.25, 0.3) is 0 Å². The fourth-order valence-corrected chi connectivity index (χ4v) is 2.12. The molecule has 19 heavy (non-hydrogen) atoms. The predicted octanol–water partition coefficient (Wildman–Crippen LogP) is 1.38. The van der Waals surface area contributed by atoms with E-state index in [0.29, 0.717) is 24.0 Å². The van der Waals surface area contributed by atoms with Crippen molar-refractivity contribution < 1.29 is 9.53 Å². The maximum absolute atomic E-state index is 12.2. The Labute approximate surface area is 113 Å². The largest absolute Gasteiger partial charge is 0.479 e. The zero-order chi connectivity index (χ0) is 14.0. The van der Waals surface area contributed by atoms with Crippen LogP contribution in [-0.4, -0.2) is 31.1 Å². The maximum atomic E-state index is 12.2. The van der Waals surface area contributed by atoms with E-state index in [1.165, 1.54) is 0 Å². The molecule has 1 aliphatic rings. The molecule has 1 unspecified atom stereocenters. The molecule has 0 radical (unpaired) electrons. The highest BCUT2D eigenvalue weighted by molar-refractivity contribution is 6.00. The van der Waals surface area contributed by atoms with Gasteiger partial charge in [-0.3, -0.25) is 4.79 Å². The first-order valence-electron chi connectivity index (χ1n) is 6.60. The highest BCUT2D eigenvalue weighted by atomic mass is 16.5. The van der Waals surface area contributed by atoms with Gasteiger partial charge in [-0.2, -0.15) is 0 Å². The number of nitrogen functional groups attached to an aromatic ring is 1. The summed E-state index contributed by atoms with van der Waals surface area (Å²) in [6, 6.07) is 5.78. The summed E-state index contributed by atoms with van der Waals surface area (Å²) in [5, 5.41) is 3.31. The number of hydrogen-bond donors (Lipinski definition) is 2. The zero-order valence-electron chi connectivity index (χ0n) is 11.6. The van der Waals surface area contributed by atoms with Gasteiger partial charge >= 0.3 is 0 Å². The first-order valence-corrected chi connectivity index (χ1v) is 6.60. The number of rotatable bonds is 4. The van der Waals surface area contributed by atoms with Crippen molar-refractivity contribution in [2.24, 2.45) is 0 Å². The molecule has 0 spiro atoms. The van der Waals surface area contributed by atoms with Gasteiger partial charge < -0.3 is 20.7 Å². The number of nitrogens with two attached hydrogens (primary N) is 1. The summed E-state index contributed by atoms with van der Waals surface area (Å²) in [5.41, 5.74) is 7.18. The molecule has 2 rings (SSSR count). The second-order valence-electron chi connectivity index (χ2n) is 5.09. The number of amides is 1. The molecule has 104 valence electrons. The summed E-state index contributed by atoms with van der Waals surface area (Å²) < 4.78 is 5.59. The normalized spacial score (nSPS) is 18.4. The quantitative estimate of drug-likeness (QED) is 0.805. The van der Waals surface area contributed by atoms with Gasteiger partial charge in [0.25, 0.3) is 5.91 Å². The summed E-state index contributed by atoms with van der Waals surface area (Å²) >= 11 is 0. The van der Waals surface area contributed by atoms with Crippen LogP contribution in [0.4, 0.5) is 11.4 Å². The molecule has 5 heteroatoms. The van der Waals surface area contributed by atoms with Gasteiger partial charge in [0.2, 0.25) is 0 Å². The number of fused-ring (bicyclic) bond motifs is 1. The summed E-state index contributed by atoms with van der Waals surface area (Å²) in [6.07, 6.45) is -0.449. The Morgan fingerprint density at radius 3 is 2.89 bits per heavy atom. The molecular formula is C14H21N3O2. The summed E-state index contributed by atoms with van der Waals surface area (Å²) in [6.45, 7) is 7.28. The topological polar surface area (TPSA) is 67.6 Å². The fourth-order valence-electron chi connectivity index (χ4n) is 2.12. The smallest absolute Gasteiger partial charge is 0.267 e. The van der Waals surface area contributed by atoms with Crippen molar-refractivity contribution in [3.05, 3.63) is 18.2 Å². The van der Waals surface area contributed by atoms with Crippen molar-refractivity contribution in [3.63, 3.8) is 0 Å². The highest BCUT2D eigenvalue weighted by Crippen LogP contribution is 2.35. The first kappa shape index (κ1) is 13.7. The third-order valence-corrected chi connectivity index (χ3v) is 3.08. The molecule has 1 aromatic carbocycles. The van der Waals surface area contributed by atoms with Crippen LogP contribution in [-0.2, 0) is 4.79 Å². The van der Waals surface area contributed by atoms with Crippen LogP contribution in [0, 0.1) is 0 Å². The van der Waals surface area contributed by atoms with Crippen LogP contribution in [0.2, 0.25) is 0 Å². The summed E-state index contributed by atoms with van der Waals surface area (Å²) in [7, 11) is 0. The van der Waals surface area contributed by atoms with Crippen LogP contribution < -0.4 is 20.7 Å². The van der Waals surface area contributed by atoms with Gasteiger partial charge in [0.1, 0.15) is 5.75 Å². The van der Waals surface area contributed by atoms with E-state index in [1.54, 1.807) is 24.0 Å². The van der Waals surface area contributed by atoms with E-state index >= 15 is 0 Å². The van der Waals surface area contributed by atoms with Gasteiger partial charge in [0.05, 0.1) is 5.69 Å². The van der Waals surface area contributed by atoms with Gasteiger partial charge in [-0.1, -0.05) is 13.8 Å². The van der Waals surface area contributed by atoms with Gasteiger partial charge in [0, 0.05) is 24.8 Å². The average Bonchev–Trinajstić information content (AvgIpc) is 2.34. The van der Waals surface area contributed by atoms with Gasteiger partial charge in [-0.15, -0.1) is 0 Å². The van der Waals surface area contributed by atoms with Gasteiger partial charge in [-0.25, -0.2) is 0 Å². The van der Waals surface area contributed by atoms with Crippen LogP contribution >= 0.6 is 0 Å². The number of carbonyl (C=O) groups is 1. The van der Waals surface area contributed by atoms with E-state index in [2.05, 4.69) is 19.2 Å². The van der Waals surface area contributed by atoms with Crippen molar-refractivity contribution in [2.45, 2.75) is 32.9 Å². The lowest BCUT2D eigenvalue weighted by Gasteiger charge is -2.33. The lowest BCUT2D eigenvalue weighted by atomic mass is 10.1. The van der Waals surface area contributed by atoms with Crippen molar-refractivity contribution in [2.75, 3.05) is 23.7 Å². The van der Waals surface area contributed by atoms with Crippen molar-refractivity contribution >= 4 is 17.3 Å². The first-order chi connectivity index (χ1) is 8.99.